The minimum absolute atomic E-state index is 0.0558. The van der Waals surface area contributed by atoms with Gasteiger partial charge in [0.25, 0.3) is 5.91 Å². The van der Waals surface area contributed by atoms with Gasteiger partial charge in [0.2, 0.25) is 0 Å². The van der Waals surface area contributed by atoms with Crippen molar-refractivity contribution in [2.75, 3.05) is 7.05 Å². The van der Waals surface area contributed by atoms with E-state index in [2.05, 4.69) is 5.32 Å². The molecule has 0 aromatic heterocycles. The molecule has 2 atom stereocenters. The third-order valence-corrected chi connectivity index (χ3v) is 4.49. The van der Waals surface area contributed by atoms with Crippen LogP contribution in [0, 0.1) is 11.6 Å². The Morgan fingerprint density at radius 2 is 1.75 bits per heavy atom. The van der Waals surface area contributed by atoms with E-state index in [9.17, 15) is 13.6 Å². The first-order chi connectivity index (χ1) is 9.56. The van der Waals surface area contributed by atoms with E-state index < -0.39 is 23.1 Å². The Balaban J connectivity index is 1.80. The first-order valence-corrected chi connectivity index (χ1v) is 7.03. The van der Waals surface area contributed by atoms with Gasteiger partial charge < -0.3 is 10.2 Å². The highest BCUT2D eigenvalue weighted by atomic mass is 19.1. The molecule has 1 aromatic rings. The summed E-state index contributed by atoms with van der Waals surface area (Å²) in [7, 11) is 1.64. The molecule has 2 saturated heterocycles. The Kier molecular flexibility index (Phi) is 3.46. The molecule has 3 rings (SSSR count). The van der Waals surface area contributed by atoms with E-state index in [4.69, 9.17) is 0 Å². The molecule has 1 aromatic carbocycles. The van der Waals surface area contributed by atoms with Crippen molar-refractivity contribution in [3.63, 3.8) is 0 Å². The largest absolute Gasteiger partial charge is 0.338 e. The predicted molar refractivity (Wildman–Crippen MR) is 71.4 cm³/mol. The van der Waals surface area contributed by atoms with Crippen molar-refractivity contribution in [2.24, 2.45) is 0 Å². The Hall–Kier alpha value is -1.49. The van der Waals surface area contributed by atoms with E-state index in [1.807, 2.05) is 0 Å². The number of nitrogens with zero attached hydrogens (tertiary/aromatic N) is 1. The molecule has 2 fully saturated rings. The summed E-state index contributed by atoms with van der Waals surface area (Å²) in [6, 6.07) is 4.43. The van der Waals surface area contributed by atoms with Crippen LogP contribution in [0.3, 0.4) is 0 Å². The summed E-state index contributed by atoms with van der Waals surface area (Å²) in [6.45, 7) is 0. The Morgan fingerprint density at radius 1 is 1.20 bits per heavy atom. The van der Waals surface area contributed by atoms with Crippen molar-refractivity contribution >= 4 is 5.91 Å². The number of halogens is 2. The molecule has 108 valence electrons. The second-order valence-corrected chi connectivity index (χ2v) is 5.78. The van der Waals surface area contributed by atoms with Crippen LogP contribution >= 0.6 is 0 Å². The summed E-state index contributed by atoms with van der Waals surface area (Å²) >= 11 is 0. The third kappa shape index (κ3) is 2.30. The van der Waals surface area contributed by atoms with Crippen molar-refractivity contribution in [2.45, 2.75) is 43.8 Å². The summed E-state index contributed by atoms with van der Waals surface area (Å²) in [6.07, 6.45) is 3.96. The molecule has 0 radical (unpaired) electrons. The lowest BCUT2D eigenvalue weighted by Crippen LogP contribution is -2.49. The van der Waals surface area contributed by atoms with Gasteiger partial charge in [-0.1, -0.05) is 6.07 Å². The van der Waals surface area contributed by atoms with Crippen LogP contribution < -0.4 is 5.32 Å². The van der Waals surface area contributed by atoms with Gasteiger partial charge in [0.05, 0.1) is 0 Å². The summed E-state index contributed by atoms with van der Waals surface area (Å²) in [5.41, 5.74) is -0.444. The van der Waals surface area contributed by atoms with E-state index in [1.165, 1.54) is 11.0 Å². The molecule has 5 heteroatoms. The molecule has 0 aliphatic carbocycles. The highest BCUT2D eigenvalue weighted by Gasteiger charge is 2.37. The van der Waals surface area contributed by atoms with Crippen molar-refractivity contribution in [3.05, 3.63) is 35.4 Å². The maximum absolute atomic E-state index is 13.7. The number of hydrogen-bond acceptors (Lipinski definition) is 2. The highest BCUT2D eigenvalue weighted by molar-refractivity contribution is 5.94. The van der Waals surface area contributed by atoms with Crippen molar-refractivity contribution < 1.29 is 13.6 Å². The summed E-state index contributed by atoms with van der Waals surface area (Å²) in [4.78, 5) is 13.9. The summed E-state index contributed by atoms with van der Waals surface area (Å²) in [5.74, 6) is -2.15. The number of carbonyl (C=O) groups excluding carboxylic acids is 1. The second kappa shape index (κ2) is 5.13. The van der Waals surface area contributed by atoms with E-state index >= 15 is 0 Å². The van der Waals surface area contributed by atoms with Gasteiger partial charge in [0.1, 0.15) is 17.2 Å². The molecule has 0 saturated carbocycles. The quantitative estimate of drug-likeness (QED) is 0.901. The highest BCUT2D eigenvalue weighted by Crippen LogP contribution is 2.30. The maximum atomic E-state index is 13.7. The van der Waals surface area contributed by atoms with Gasteiger partial charge in [-0.3, -0.25) is 4.79 Å². The molecule has 2 bridgehead atoms. The number of amides is 1. The standard InChI is InChI=1S/C15H18F2N2O/c1-19(11-7-9-5-6-10(8-11)18-9)15(20)14-12(16)3-2-4-13(14)17/h2-4,9-11,18H,5-8H2,1H3. The van der Waals surface area contributed by atoms with Gasteiger partial charge >= 0.3 is 0 Å². The van der Waals surface area contributed by atoms with Gasteiger partial charge in [-0.2, -0.15) is 0 Å². The summed E-state index contributed by atoms with van der Waals surface area (Å²) < 4.78 is 27.4. The fourth-order valence-electron chi connectivity index (χ4n) is 3.39. The number of fused-ring (bicyclic) bond motifs is 2. The molecule has 3 nitrogen and oxygen atoms in total. The van der Waals surface area contributed by atoms with Crippen LogP contribution in [-0.4, -0.2) is 36.0 Å². The average Bonchev–Trinajstić information content (AvgIpc) is 2.76. The van der Waals surface area contributed by atoms with Gasteiger partial charge in [-0.15, -0.1) is 0 Å². The van der Waals surface area contributed by atoms with Crippen molar-refractivity contribution in [1.29, 1.82) is 0 Å². The van der Waals surface area contributed by atoms with Crippen LogP contribution in [0.25, 0.3) is 0 Å². The van der Waals surface area contributed by atoms with Gasteiger partial charge in [0.15, 0.2) is 0 Å². The fourth-order valence-corrected chi connectivity index (χ4v) is 3.39. The van der Waals surface area contributed by atoms with Crippen LogP contribution in [-0.2, 0) is 0 Å². The SMILES string of the molecule is CN(C(=O)c1c(F)cccc1F)C1CC2CCC(C1)N2. The number of rotatable bonds is 2. The van der Waals surface area contributed by atoms with Crippen LogP contribution in [0.15, 0.2) is 18.2 Å². The molecule has 2 unspecified atom stereocenters. The minimum atomic E-state index is -0.793. The number of nitrogens with one attached hydrogen (secondary N) is 1. The number of benzene rings is 1. The molecule has 2 aliphatic rings. The minimum Gasteiger partial charge on any atom is -0.338 e. The van der Waals surface area contributed by atoms with Crippen LogP contribution in [0.4, 0.5) is 8.78 Å². The monoisotopic (exact) mass is 280 g/mol. The van der Waals surface area contributed by atoms with Crippen LogP contribution in [0.1, 0.15) is 36.0 Å². The van der Waals surface area contributed by atoms with Gasteiger partial charge in [-0.05, 0) is 37.8 Å². The van der Waals surface area contributed by atoms with Gasteiger partial charge in [0, 0.05) is 25.2 Å². The fraction of sp³-hybridized carbons (Fsp3) is 0.533. The second-order valence-electron chi connectivity index (χ2n) is 5.78. The number of hydrogen-bond donors (Lipinski definition) is 1. The molecular weight excluding hydrogens is 262 g/mol. The van der Waals surface area contributed by atoms with Crippen molar-refractivity contribution in [1.82, 2.24) is 10.2 Å². The lowest BCUT2D eigenvalue weighted by atomic mass is 9.98. The zero-order chi connectivity index (χ0) is 14.3. The van der Waals surface area contributed by atoms with E-state index in [-0.39, 0.29) is 6.04 Å². The lowest BCUT2D eigenvalue weighted by Gasteiger charge is -2.35. The van der Waals surface area contributed by atoms with Crippen molar-refractivity contribution in [3.8, 4) is 0 Å². The summed E-state index contributed by atoms with van der Waals surface area (Å²) in [5, 5.41) is 3.49. The van der Waals surface area contributed by atoms with Gasteiger partial charge in [-0.25, -0.2) is 8.78 Å². The third-order valence-electron chi connectivity index (χ3n) is 4.49. The zero-order valence-corrected chi connectivity index (χ0v) is 11.4. The molecule has 2 heterocycles. The number of piperidine rings is 1. The first kappa shape index (κ1) is 13.5. The normalized spacial score (nSPS) is 28.4. The molecule has 1 amide bonds. The molecular formula is C15H18F2N2O. The van der Waals surface area contributed by atoms with Crippen LogP contribution in [0.2, 0.25) is 0 Å². The molecule has 0 spiro atoms. The molecule has 20 heavy (non-hydrogen) atoms. The maximum Gasteiger partial charge on any atom is 0.259 e. The van der Waals surface area contributed by atoms with Crippen LogP contribution in [0.5, 0.6) is 0 Å². The smallest absolute Gasteiger partial charge is 0.259 e. The van der Waals surface area contributed by atoms with E-state index in [0.717, 1.165) is 37.8 Å². The average molecular weight is 280 g/mol. The zero-order valence-electron chi connectivity index (χ0n) is 11.4. The topological polar surface area (TPSA) is 32.3 Å². The molecule has 1 N–H and O–H groups in total. The van der Waals surface area contributed by atoms with E-state index in [0.29, 0.717) is 12.1 Å². The lowest BCUT2D eigenvalue weighted by molar-refractivity contribution is 0.0672. The molecule has 2 aliphatic heterocycles. The Bertz CT molecular complexity index is 502. The predicted octanol–water partition coefficient (Wildman–Crippen LogP) is 2.32. The van der Waals surface area contributed by atoms with E-state index in [1.54, 1.807) is 7.05 Å². The number of carbonyl (C=O) groups is 1. The first-order valence-electron chi connectivity index (χ1n) is 7.03. The Morgan fingerprint density at radius 3 is 2.30 bits per heavy atom. The Labute approximate surface area is 117 Å².